The average molecular weight is 1150 g/mol. The third-order valence-corrected chi connectivity index (χ3v) is 15.3. The van der Waals surface area contributed by atoms with Crippen LogP contribution in [0.15, 0.2) is 18.2 Å². The van der Waals surface area contributed by atoms with Gasteiger partial charge in [0.05, 0.1) is 48.6 Å². The van der Waals surface area contributed by atoms with Gasteiger partial charge in [-0.1, -0.05) is 53.7 Å². The van der Waals surface area contributed by atoms with Crippen LogP contribution >= 0.6 is 0 Å². The molecule has 0 radical (unpaired) electrons. The summed E-state index contributed by atoms with van der Waals surface area (Å²) in [5, 5.41) is 72.7. The molecular weight excluding hydrogens is 1070 g/mol. The Morgan fingerprint density at radius 2 is 1.40 bits per heavy atom. The predicted octanol–water partition coefficient (Wildman–Crippen LogP) is 0.383. The second-order valence-electron chi connectivity index (χ2n) is 23.1. The lowest BCUT2D eigenvalue weighted by molar-refractivity contribution is -0.249. The molecule has 11 N–H and O–H groups in total. The molecule has 2 aromatic carbocycles. The number of aliphatic hydroxyl groups is 3. The van der Waals surface area contributed by atoms with E-state index in [1.807, 2.05) is 27.7 Å². The van der Waals surface area contributed by atoms with Crippen LogP contribution in [0.3, 0.4) is 0 Å². The minimum atomic E-state index is -2.44. The van der Waals surface area contributed by atoms with Crippen molar-refractivity contribution in [3.63, 3.8) is 0 Å². The minimum Gasteiger partial charge on any atom is -0.507 e. The molecule has 2 aliphatic carbocycles. The molecular formula is C57H79N7O18. The zero-order valence-corrected chi connectivity index (χ0v) is 48.0. The first-order valence-electron chi connectivity index (χ1n) is 27.8. The Kier molecular flexibility index (Phi) is 21.0. The second-order valence-corrected chi connectivity index (χ2v) is 23.1. The van der Waals surface area contributed by atoms with Gasteiger partial charge in [0.1, 0.15) is 65.8 Å². The van der Waals surface area contributed by atoms with Crippen LogP contribution in [-0.2, 0) is 54.3 Å². The van der Waals surface area contributed by atoms with Crippen molar-refractivity contribution in [1.29, 1.82) is 0 Å². The molecule has 2 saturated heterocycles. The molecule has 2 aromatic rings. The third-order valence-electron chi connectivity index (χ3n) is 15.3. The molecule has 0 unspecified atom stereocenters. The molecule has 82 heavy (non-hydrogen) atoms. The van der Waals surface area contributed by atoms with Crippen molar-refractivity contribution in [3.8, 4) is 17.2 Å². The summed E-state index contributed by atoms with van der Waals surface area (Å²) in [4.78, 5) is 136. The lowest BCUT2D eigenvalue weighted by atomic mass is 9.72. The van der Waals surface area contributed by atoms with E-state index in [0.29, 0.717) is 19.4 Å². The molecule has 7 amide bonds. The monoisotopic (exact) mass is 1150 g/mol. The van der Waals surface area contributed by atoms with E-state index < -0.39 is 168 Å². The van der Waals surface area contributed by atoms with E-state index >= 15 is 0 Å². The summed E-state index contributed by atoms with van der Waals surface area (Å²) < 4.78 is 17.7. The standard InChI is InChI=1S/C57H79N7O18/c1-25(2)17-34(63-56(78)37-14-12-16-64(37)30(9)66)53(75)58-23-41(68)60-35(18-26(3)4)54(76)59-28(7)52(74)62-36(19-27(5)6)55(77)61-33-20-42(81-29(8)47(33)69)82-39-22-57(79,40(67)24-65)21-32-44(39)51(73)46-45(49(32)71)48(70)31-13-11-15-38(80-10)43(31)50(46)72/h11,13,15,25-29,33-37,39,42,47,65,69,71,73,79H,12,14,16-24H2,1-10H3,(H,58,75)(H,59,76)(H,60,68)(H,61,77)(H,62,74)(H,63,78)/t28-,29-,33-,34-,35-,36-,37-,39-,42-,47+,57-/m0/s1. The second kappa shape index (κ2) is 26.9. The number of ether oxygens (including phenoxy) is 3. The fourth-order valence-corrected chi connectivity index (χ4v) is 11.1. The predicted molar refractivity (Wildman–Crippen MR) is 291 cm³/mol. The fourth-order valence-electron chi connectivity index (χ4n) is 11.1. The number of likely N-dealkylation sites (tertiary alicyclic amines) is 1. The summed E-state index contributed by atoms with van der Waals surface area (Å²) in [6.07, 6.45) is -5.66. The van der Waals surface area contributed by atoms with Crippen LogP contribution in [-0.4, -0.2) is 176 Å². The van der Waals surface area contributed by atoms with E-state index in [9.17, 15) is 73.5 Å². The number of carbonyl (C=O) groups excluding carboxylic acids is 10. The van der Waals surface area contributed by atoms with E-state index in [4.69, 9.17) is 14.2 Å². The molecule has 2 fully saturated rings. The Morgan fingerprint density at radius 3 is 2.00 bits per heavy atom. The molecule has 2 aliphatic heterocycles. The Hall–Kier alpha value is -7.06. The average Bonchev–Trinajstić information content (AvgIpc) is 4.04. The van der Waals surface area contributed by atoms with E-state index in [1.165, 1.54) is 51.0 Å². The fraction of sp³-hybridized carbons (Fsp3) is 0.614. The summed E-state index contributed by atoms with van der Waals surface area (Å²) in [6.45, 7) is 13.9. The highest BCUT2D eigenvalue weighted by Gasteiger charge is 2.51. The number of ketones is 3. The van der Waals surface area contributed by atoms with Crippen molar-refractivity contribution < 1.29 is 87.7 Å². The highest BCUT2D eigenvalue weighted by Crippen LogP contribution is 2.52. The minimum absolute atomic E-state index is 0.0124. The zero-order chi connectivity index (χ0) is 60.8. The largest absolute Gasteiger partial charge is 0.507 e. The topological polar surface area (TPSA) is 375 Å². The molecule has 6 rings (SSSR count). The van der Waals surface area contributed by atoms with Crippen LogP contribution in [0.2, 0.25) is 0 Å². The summed E-state index contributed by atoms with van der Waals surface area (Å²) in [7, 11) is 1.28. The Balaban J connectivity index is 1.12. The lowest BCUT2D eigenvalue weighted by Crippen LogP contribution is -2.60. The maximum absolute atomic E-state index is 14.2. The number of phenolic OH excluding ortho intramolecular Hbond substituents is 2. The summed E-state index contributed by atoms with van der Waals surface area (Å²) in [6, 6.07) is -2.37. The number of nitrogens with one attached hydrogen (secondary N) is 6. The molecule has 25 heteroatoms. The number of aromatic hydroxyl groups is 2. The van der Waals surface area contributed by atoms with Crippen molar-refractivity contribution in [2.24, 2.45) is 17.8 Å². The number of phenols is 2. The SMILES string of the molecule is COc1cccc2c1C(=O)c1c(O)c3c(c(O)c1C2=O)C[C@@](O)(C(=O)CO)C[C@@H]3O[C@H]1C[C@H](NC(=O)[C@H](CC(C)C)NC(=O)[C@H](C)NC(=O)[C@H](CC(C)C)NC(=O)CNC(=O)[C@H](CC(C)C)NC(=O)[C@@H]2CCCN2C(C)=O)[C@H](O)[C@H](C)O1. The molecule has 2 heterocycles. The Labute approximate surface area is 475 Å². The summed E-state index contributed by atoms with van der Waals surface area (Å²) >= 11 is 0. The molecule has 0 bridgehead atoms. The number of carbonyl (C=O) groups is 10. The number of benzene rings is 2. The van der Waals surface area contributed by atoms with Gasteiger partial charge in [0.15, 0.2) is 17.9 Å². The highest BCUT2D eigenvalue weighted by atomic mass is 16.7. The number of Topliss-reactive ketones (excluding diaryl/α,β-unsaturated/α-hetero) is 1. The summed E-state index contributed by atoms with van der Waals surface area (Å²) in [5.74, 6) is -9.18. The molecule has 11 atom stereocenters. The van der Waals surface area contributed by atoms with E-state index in [-0.39, 0.29) is 77.3 Å². The molecule has 0 saturated carbocycles. The van der Waals surface area contributed by atoms with Gasteiger partial charge in [0, 0.05) is 49.4 Å². The number of amides is 7. The first-order valence-corrected chi connectivity index (χ1v) is 27.8. The van der Waals surface area contributed by atoms with E-state index in [1.54, 1.807) is 13.8 Å². The van der Waals surface area contributed by atoms with Crippen LogP contribution in [0.25, 0.3) is 0 Å². The van der Waals surface area contributed by atoms with Gasteiger partial charge in [0.2, 0.25) is 47.1 Å². The van der Waals surface area contributed by atoms with Crippen molar-refractivity contribution in [3.05, 3.63) is 51.6 Å². The number of rotatable bonds is 23. The van der Waals surface area contributed by atoms with Gasteiger partial charge in [0.25, 0.3) is 0 Å². The number of methoxy groups -OCH3 is 1. The number of aliphatic hydroxyl groups excluding tert-OH is 2. The smallest absolute Gasteiger partial charge is 0.243 e. The van der Waals surface area contributed by atoms with Gasteiger partial charge in [-0.15, -0.1) is 0 Å². The number of hydrogen-bond acceptors (Lipinski definition) is 18. The highest BCUT2D eigenvalue weighted by molar-refractivity contribution is 6.31. The van der Waals surface area contributed by atoms with Crippen molar-refractivity contribution in [2.45, 2.75) is 180 Å². The van der Waals surface area contributed by atoms with E-state index in [2.05, 4.69) is 31.9 Å². The normalized spacial score (nSPS) is 23.6. The molecule has 0 spiro atoms. The van der Waals surface area contributed by atoms with Gasteiger partial charge in [-0.25, -0.2) is 0 Å². The van der Waals surface area contributed by atoms with Crippen molar-refractivity contribution in [2.75, 3.05) is 26.8 Å². The third kappa shape index (κ3) is 14.4. The first kappa shape index (κ1) is 64.1. The molecule has 4 aliphatic rings. The van der Waals surface area contributed by atoms with Gasteiger partial charge < -0.3 is 76.5 Å². The number of hydrogen-bond donors (Lipinski definition) is 11. The van der Waals surface area contributed by atoms with Crippen LogP contribution in [0.1, 0.15) is 156 Å². The zero-order valence-electron chi connectivity index (χ0n) is 48.0. The van der Waals surface area contributed by atoms with Crippen LogP contribution in [0.5, 0.6) is 17.2 Å². The Bertz CT molecular complexity index is 2820. The maximum atomic E-state index is 14.2. The van der Waals surface area contributed by atoms with Gasteiger partial charge in [-0.3, -0.25) is 47.9 Å². The van der Waals surface area contributed by atoms with Gasteiger partial charge >= 0.3 is 0 Å². The quantitative estimate of drug-likeness (QED) is 0.0572. The number of fused-ring (bicyclic) bond motifs is 3. The Morgan fingerprint density at radius 1 is 0.793 bits per heavy atom. The molecule has 25 nitrogen and oxygen atoms in total. The van der Waals surface area contributed by atoms with Crippen LogP contribution in [0.4, 0.5) is 0 Å². The van der Waals surface area contributed by atoms with Gasteiger partial charge in [-0.2, -0.15) is 0 Å². The number of nitrogens with zero attached hydrogens (tertiary/aromatic N) is 1. The molecule has 450 valence electrons. The van der Waals surface area contributed by atoms with Crippen LogP contribution < -0.4 is 36.6 Å². The van der Waals surface area contributed by atoms with Gasteiger partial charge in [-0.05, 0) is 69.8 Å². The first-order chi connectivity index (χ1) is 38.5. The maximum Gasteiger partial charge on any atom is 0.243 e. The van der Waals surface area contributed by atoms with Crippen molar-refractivity contribution in [1.82, 2.24) is 36.8 Å². The van der Waals surface area contributed by atoms with E-state index in [0.717, 1.165) is 0 Å². The van der Waals surface area contributed by atoms with Crippen molar-refractivity contribution >= 4 is 58.7 Å². The summed E-state index contributed by atoms with van der Waals surface area (Å²) in [5.41, 5.74) is -4.53. The van der Waals surface area contributed by atoms with Crippen LogP contribution in [0, 0.1) is 17.8 Å². The lowest BCUT2D eigenvalue weighted by Gasteiger charge is -2.43. The molecule has 0 aromatic heterocycles.